The van der Waals surface area contributed by atoms with Crippen molar-refractivity contribution in [3.63, 3.8) is 0 Å². The van der Waals surface area contributed by atoms with Gasteiger partial charge in [-0.2, -0.15) is 13.2 Å². The van der Waals surface area contributed by atoms with Crippen molar-refractivity contribution in [1.29, 1.82) is 0 Å². The molecule has 2 heterocycles. The highest BCUT2D eigenvalue weighted by Crippen LogP contribution is 2.27. The van der Waals surface area contributed by atoms with E-state index in [1.807, 2.05) is 0 Å². The lowest BCUT2D eigenvalue weighted by molar-refractivity contribution is -0.138. The Kier molecular flexibility index (Phi) is 4.41. The predicted octanol–water partition coefficient (Wildman–Crippen LogP) is 3.07. The van der Waals surface area contributed by atoms with E-state index in [1.54, 1.807) is 6.92 Å². The van der Waals surface area contributed by atoms with Gasteiger partial charge in [0.25, 0.3) is 5.56 Å². The van der Waals surface area contributed by atoms with Gasteiger partial charge in [0.1, 0.15) is 10.4 Å². The zero-order chi connectivity index (χ0) is 16.5. The molecule has 0 amide bonds. The number of carbonyl (C=O) groups excluding carboxylic acids is 1. The molecular weight excluding hydrogens is 319 g/mol. The minimum absolute atomic E-state index is 0.0396. The van der Waals surface area contributed by atoms with Gasteiger partial charge >= 0.3 is 12.1 Å². The number of esters is 1. The monoisotopic (exact) mass is 331 g/mol. The Balaban J connectivity index is 2.38. The van der Waals surface area contributed by atoms with Crippen molar-refractivity contribution in [3.05, 3.63) is 55.6 Å². The normalized spacial score (nSPS) is 11.5. The number of methoxy groups -OCH3 is 1. The number of carbonyl (C=O) groups is 1. The Hall–Kier alpha value is -2.09. The van der Waals surface area contributed by atoms with Crippen molar-refractivity contribution in [3.8, 4) is 0 Å². The molecule has 0 radical (unpaired) electrons. The number of nitrogens with zero attached hydrogens (tertiary/aromatic N) is 1. The van der Waals surface area contributed by atoms with Gasteiger partial charge in [-0.15, -0.1) is 11.3 Å². The first-order valence-electron chi connectivity index (χ1n) is 6.18. The van der Waals surface area contributed by atoms with Crippen LogP contribution >= 0.6 is 11.3 Å². The van der Waals surface area contributed by atoms with E-state index in [9.17, 15) is 22.8 Å². The summed E-state index contributed by atoms with van der Waals surface area (Å²) in [5.74, 6) is -0.518. The lowest BCUT2D eigenvalue weighted by atomic mass is 10.2. The molecule has 0 aromatic carbocycles. The summed E-state index contributed by atoms with van der Waals surface area (Å²) < 4.78 is 43.8. The Morgan fingerprint density at radius 2 is 2.09 bits per heavy atom. The maximum absolute atomic E-state index is 12.7. The van der Waals surface area contributed by atoms with Gasteiger partial charge in [-0.1, -0.05) is 0 Å². The molecule has 0 aliphatic carbocycles. The van der Waals surface area contributed by atoms with E-state index < -0.39 is 23.3 Å². The number of thiophene rings is 1. The SMILES string of the molecule is COC(=O)c1cc(Cn2cccc(C(F)(F)F)c2=O)c(C)s1. The van der Waals surface area contributed by atoms with Crippen LogP contribution in [0.4, 0.5) is 13.2 Å². The van der Waals surface area contributed by atoms with Gasteiger partial charge in [0.2, 0.25) is 0 Å². The fourth-order valence-corrected chi connectivity index (χ4v) is 2.89. The molecule has 4 nitrogen and oxygen atoms in total. The van der Waals surface area contributed by atoms with Gasteiger partial charge in [-0.05, 0) is 30.7 Å². The third kappa shape index (κ3) is 3.22. The quantitative estimate of drug-likeness (QED) is 0.812. The predicted molar refractivity (Wildman–Crippen MR) is 75.2 cm³/mol. The number of hydrogen-bond donors (Lipinski definition) is 0. The summed E-state index contributed by atoms with van der Waals surface area (Å²) in [5, 5.41) is 0. The summed E-state index contributed by atoms with van der Waals surface area (Å²) >= 11 is 1.17. The van der Waals surface area contributed by atoms with Crippen molar-refractivity contribution in [2.45, 2.75) is 19.6 Å². The number of rotatable bonds is 3. The molecule has 0 N–H and O–H groups in total. The molecule has 0 saturated carbocycles. The summed E-state index contributed by atoms with van der Waals surface area (Å²) in [6, 6.07) is 3.45. The minimum atomic E-state index is -4.69. The van der Waals surface area contributed by atoms with Crippen LogP contribution in [-0.2, 0) is 17.5 Å². The summed E-state index contributed by atoms with van der Waals surface area (Å²) in [6.45, 7) is 1.69. The second-order valence-corrected chi connectivity index (χ2v) is 5.79. The van der Waals surface area contributed by atoms with Crippen LogP contribution in [0.1, 0.15) is 25.7 Å². The lowest BCUT2D eigenvalue weighted by Gasteiger charge is -2.10. The summed E-state index contributed by atoms with van der Waals surface area (Å²) in [7, 11) is 1.24. The van der Waals surface area contributed by atoms with Gasteiger partial charge < -0.3 is 9.30 Å². The molecule has 0 fully saturated rings. The second kappa shape index (κ2) is 5.96. The highest BCUT2D eigenvalue weighted by atomic mass is 32.1. The van der Waals surface area contributed by atoms with Crippen LogP contribution in [0.25, 0.3) is 0 Å². The molecule has 0 aliphatic heterocycles. The van der Waals surface area contributed by atoms with Crippen molar-refractivity contribution in [2.24, 2.45) is 0 Å². The van der Waals surface area contributed by atoms with Crippen LogP contribution < -0.4 is 5.56 Å². The number of ether oxygens (including phenoxy) is 1. The number of alkyl halides is 3. The van der Waals surface area contributed by atoms with E-state index in [-0.39, 0.29) is 6.54 Å². The van der Waals surface area contributed by atoms with Crippen LogP contribution in [0.3, 0.4) is 0 Å². The smallest absolute Gasteiger partial charge is 0.421 e. The third-order valence-corrected chi connectivity index (χ3v) is 4.15. The van der Waals surface area contributed by atoms with Gasteiger partial charge in [0.15, 0.2) is 0 Å². The first-order chi connectivity index (χ1) is 10.2. The molecule has 22 heavy (non-hydrogen) atoms. The van der Waals surface area contributed by atoms with Crippen LogP contribution in [0, 0.1) is 6.92 Å². The molecule has 2 aromatic rings. The van der Waals surface area contributed by atoms with E-state index in [0.29, 0.717) is 10.4 Å². The number of hydrogen-bond acceptors (Lipinski definition) is 4. The molecule has 118 valence electrons. The standard InChI is InChI=1S/C14H12F3NO3S/c1-8-9(6-11(22-8)13(20)21-2)7-18-5-3-4-10(12(18)19)14(15,16)17/h3-6H,7H2,1-2H3. The molecule has 0 saturated heterocycles. The third-order valence-electron chi connectivity index (χ3n) is 3.07. The number of aromatic nitrogens is 1. The Morgan fingerprint density at radius 3 is 2.68 bits per heavy atom. The highest BCUT2D eigenvalue weighted by molar-refractivity contribution is 7.14. The van der Waals surface area contributed by atoms with E-state index in [4.69, 9.17) is 0 Å². The molecule has 8 heteroatoms. The summed E-state index contributed by atoms with van der Waals surface area (Å²) in [4.78, 5) is 24.4. The zero-order valence-electron chi connectivity index (χ0n) is 11.7. The molecule has 0 unspecified atom stereocenters. The molecule has 2 aromatic heterocycles. The molecule has 2 rings (SSSR count). The Labute approximate surface area is 127 Å². The molecule has 0 aliphatic rings. The number of pyridine rings is 1. The average molecular weight is 331 g/mol. The average Bonchev–Trinajstić information content (AvgIpc) is 2.80. The first kappa shape index (κ1) is 16.3. The van der Waals surface area contributed by atoms with Crippen molar-refractivity contribution < 1.29 is 22.7 Å². The van der Waals surface area contributed by atoms with Gasteiger partial charge in [0, 0.05) is 11.1 Å². The van der Waals surface area contributed by atoms with Crippen LogP contribution in [0.2, 0.25) is 0 Å². The highest BCUT2D eigenvalue weighted by Gasteiger charge is 2.34. The van der Waals surface area contributed by atoms with E-state index in [0.717, 1.165) is 15.5 Å². The fourth-order valence-electron chi connectivity index (χ4n) is 1.94. The van der Waals surface area contributed by atoms with Crippen LogP contribution in [0.5, 0.6) is 0 Å². The second-order valence-electron chi connectivity index (χ2n) is 4.54. The van der Waals surface area contributed by atoms with Gasteiger partial charge in [-0.3, -0.25) is 4.79 Å². The Bertz CT molecular complexity index is 761. The van der Waals surface area contributed by atoms with E-state index >= 15 is 0 Å². The van der Waals surface area contributed by atoms with Crippen LogP contribution in [0.15, 0.2) is 29.2 Å². The number of halogens is 3. The van der Waals surface area contributed by atoms with Gasteiger partial charge in [-0.25, -0.2) is 4.79 Å². The molecule has 0 spiro atoms. The van der Waals surface area contributed by atoms with E-state index in [2.05, 4.69) is 4.74 Å². The minimum Gasteiger partial charge on any atom is -0.465 e. The maximum Gasteiger partial charge on any atom is 0.421 e. The zero-order valence-corrected chi connectivity index (χ0v) is 12.5. The fraction of sp³-hybridized carbons (Fsp3) is 0.286. The van der Waals surface area contributed by atoms with Crippen molar-refractivity contribution >= 4 is 17.3 Å². The lowest BCUT2D eigenvalue weighted by Crippen LogP contribution is -2.28. The molecule has 0 bridgehead atoms. The van der Waals surface area contributed by atoms with E-state index in [1.165, 1.54) is 36.8 Å². The summed E-state index contributed by atoms with van der Waals surface area (Å²) in [6.07, 6.45) is -3.41. The maximum atomic E-state index is 12.7. The van der Waals surface area contributed by atoms with Crippen molar-refractivity contribution in [1.82, 2.24) is 4.57 Å². The Morgan fingerprint density at radius 1 is 1.41 bits per heavy atom. The largest absolute Gasteiger partial charge is 0.465 e. The first-order valence-corrected chi connectivity index (χ1v) is 7.00. The number of aryl methyl sites for hydroxylation is 1. The topological polar surface area (TPSA) is 48.3 Å². The summed E-state index contributed by atoms with van der Waals surface area (Å²) in [5.41, 5.74) is -1.72. The molecular formula is C14H12F3NO3S. The van der Waals surface area contributed by atoms with Crippen LogP contribution in [-0.4, -0.2) is 17.6 Å². The van der Waals surface area contributed by atoms with Gasteiger partial charge in [0.05, 0.1) is 13.7 Å². The molecule has 0 atom stereocenters. The van der Waals surface area contributed by atoms with Crippen molar-refractivity contribution in [2.75, 3.05) is 7.11 Å².